The number of terminal acetylenes is 2. The third-order valence-corrected chi connectivity index (χ3v) is 8.50. The Morgan fingerprint density at radius 1 is 0.396 bits per heavy atom. The first-order valence-corrected chi connectivity index (χ1v) is 19.8. The molecule has 0 aromatic carbocycles. The maximum absolute atomic E-state index is 10.00. The van der Waals surface area contributed by atoms with Crippen LogP contribution in [0.15, 0.2) is 60.8 Å². The van der Waals surface area contributed by atoms with Crippen molar-refractivity contribution in [2.24, 2.45) is 0 Å². The minimum atomic E-state index is -0.762. The Bertz CT molecular complexity index is 970. The zero-order valence-electron chi connectivity index (χ0n) is 30.8. The van der Waals surface area contributed by atoms with E-state index in [2.05, 4.69) is 60.1 Å². The van der Waals surface area contributed by atoms with Gasteiger partial charge in [-0.3, -0.25) is 0 Å². The quantitative estimate of drug-likeness (QED) is 0.0419. The van der Waals surface area contributed by atoms with Crippen LogP contribution >= 0.6 is 0 Å². The Balaban J connectivity index is 3.39. The number of aliphatic hydroxyl groups is 2. The van der Waals surface area contributed by atoms with Crippen molar-refractivity contribution in [3.8, 4) is 36.5 Å². The minimum absolute atomic E-state index is 0.651. The van der Waals surface area contributed by atoms with E-state index in [9.17, 15) is 10.2 Å². The van der Waals surface area contributed by atoms with E-state index in [-0.39, 0.29) is 0 Å². The van der Waals surface area contributed by atoms with Crippen LogP contribution in [0.3, 0.4) is 0 Å². The number of aliphatic hydroxyl groups excluding tert-OH is 2. The topological polar surface area (TPSA) is 40.5 Å². The van der Waals surface area contributed by atoms with Gasteiger partial charge >= 0.3 is 0 Å². The first kappa shape index (κ1) is 45.3. The summed E-state index contributed by atoms with van der Waals surface area (Å²) in [5, 5.41) is 19.2. The SMILES string of the molecule is C#CC=CCCCCCCCCCCCCCCC=CCCCCC=CCCCCC=C[C@@H](O)C#CCCCCCC/C=C/[C@H](O)C#C. The minimum Gasteiger partial charge on any atom is -0.377 e. The van der Waals surface area contributed by atoms with Crippen molar-refractivity contribution in [3.05, 3.63) is 60.8 Å². The Labute approximate surface area is 298 Å². The first-order valence-electron chi connectivity index (χ1n) is 19.8. The van der Waals surface area contributed by atoms with Crippen molar-refractivity contribution >= 4 is 0 Å². The molecular formula is C46H72O2. The van der Waals surface area contributed by atoms with Crippen LogP contribution in [0, 0.1) is 36.5 Å². The molecular weight excluding hydrogens is 585 g/mol. The maximum atomic E-state index is 10.00. The Morgan fingerprint density at radius 3 is 1.15 bits per heavy atom. The first-order chi connectivity index (χ1) is 23.7. The lowest BCUT2D eigenvalue weighted by molar-refractivity contribution is 0.280. The molecule has 0 radical (unpaired) electrons. The molecule has 0 rings (SSSR count). The molecule has 0 saturated carbocycles. The zero-order valence-corrected chi connectivity index (χ0v) is 30.8. The zero-order chi connectivity index (χ0) is 34.9. The van der Waals surface area contributed by atoms with Crippen molar-refractivity contribution in [2.45, 2.75) is 192 Å². The van der Waals surface area contributed by atoms with Crippen molar-refractivity contribution in [3.63, 3.8) is 0 Å². The van der Waals surface area contributed by atoms with Gasteiger partial charge in [0.2, 0.25) is 0 Å². The highest BCUT2D eigenvalue weighted by atomic mass is 16.3. The molecule has 0 unspecified atom stereocenters. The molecule has 2 heteroatoms. The van der Waals surface area contributed by atoms with Gasteiger partial charge < -0.3 is 10.2 Å². The van der Waals surface area contributed by atoms with Gasteiger partial charge in [0.05, 0.1) is 0 Å². The van der Waals surface area contributed by atoms with Gasteiger partial charge in [-0.05, 0) is 115 Å². The molecule has 0 aromatic rings. The van der Waals surface area contributed by atoms with E-state index in [0.717, 1.165) is 64.2 Å². The summed E-state index contributed by atoms with van der Waals surface area (Å²) in [4.78, 5) is 0. The van der Waals surface area contributed by atoms with E-state index in [0.29, 0.717) is 0 Å². The standard InChI is InChI=1S/C46H72O2/c1-3-5-6-7-8-9-10-11-12-13-14-15-16-17-18-19-20-21-22-23-24-25-26-27-28-29-30-34-37-40-43-46(48)44-41-38-35-32-31-33-36-39-42-45(47)4-2/h1-2,5-6,21-22,27-28,39-40,42-43,45-48H,7-20,23-26,29-38H2/b6-5?,22-21?,28-27?,42-39+,43-40?/t45-,46-/m1/s1. The van der Waals surface area contributed by atoms with Crippen LogP contribution in [0.25, 0.3) is 0 Å². The molecule has 268 valence electrons. The van der Waals surface area contributed by atoms with Gasteiger partial charge in [0, 0.05) is 6.42 Å². The molecule has 0 amide bonds. The van der Waals surface area contributed by atoms with Gasteiger partial charge in [0.15, 0.2) is 0 Å². The van der Waals surface area contributed by atoms with Crippen LogP contribution in [-0.2, 0) is 0 Å². The number of rotatable bonds is 33. The van der Waals surface area contributed by atoms with E-state index in [4.69, 9.17) is 12.8 Å². The van der Waals surface area contributed by atoms with Gasteiger partial charge in [-0.25, -0.2) is 0 Å². The van der Waals surface area contributed by atoms with Crippen LogP contribution in [0.5, 0.6) is 0 Å². The second-order valence-corrected chi connectivity index (χ2v) is 13.1. The van der Waals surface area contributed by atoms with Crippen molar-refractivity contribution in [2.75, 3.05) is 0 Å². The molecule has 2 atom stereocenters. The summed E-state index contributed by atoms with van der Waals surface area (Å²) in [6, 6.07) is 0. The van der Waals surface area contributed by atoms with E-state index in [1.165, 1.54) is 116 Å². The highest BCUT2D eigenvalue weighted by molar-refractivity contribution is 5.12. The fourth-order valence-corrected chi connectivity index (χ4v) is 5.52. The smallest absolute Gasteiger partial charge is 0.133 e. The fraction of sp³-hybridized carbons (Fsp3) is 0.652. The summed E-state index contributed by atoms with van der Waals surface area (Å²) < 4.78 is 0. The van der Waals surface area contributed by atoms with E-state index < -0.39 is 12.2 Å². The molecule has 0 saturated heterocycles. The lowest BCUT2D eigenvalue weighted by atomic mass is 10.0. The predicted molar refractivity (Wildman–Crippen MR) is 212 cm³/mol. The summed E-state index contributed by atoms with van der Waals surface area (Å²) in [6.07, 6.45) is 64.6. The van der Waals surface area contributed by atoms with Crippen LogP contribution in [0.4, 0.5) is 0 Å². The second kappa shape index (κ2) is 40.5. The second-order valence-electron chi connectivity index (χ2n) is 13.1. The van der Waals surface area contributed by atoms with Crippen LogP contribution in [0.2, 0.25) is 0 Å². The van der Waals surface area contributed by atoms with Gasteiger partial charge in [0.1, 0.15) is 12.2 Å². The number of allylic oxidation sites excluding steroid dienone is 8. The average Bonchev–Trinajstić information content (AvgIpc) is 3.09. The van der Waals surface area contributed by atoms with Crippen LogP contribution < -0.4 is 0 Å². The molecule has 0 aliphatic rings. The largest absolute Gasteiger partial charge is 0.377 e. The molecule has 0 spiro atoms. The molecule has 2 N–H and O–H groups in total. The third-order valence-electron chi connectivity index (χ3n) is 8.50. The maximum Gasteiger partial charge on any atom is 0.133 e. The highest BCUT2D eigenvalue weighted by Gasteiger charge is 1.95. The van der Waals surface area contributed by atoms with Gasteiger partial charge in [0.25, 0.3) is 0 Å². The highest BCUT2D eigenvalue weighted by Crippen LogP contribution is 2.14. The Morgan fingerprint density at radius 2 is 0.729 bits per heavy atom. The Hall–Kier alpha value is -2.70. The molecule has 0 aliphatic heterocycles. The van der Waals surface area contributed by atoms with Gasteiger partial charge in [-0.2, -0.15) is 0 Å². The Kier molecular flexibility index (Phi) is 38.2. The lowest BCUT2D eigenvalue weighted by Gasteiger charge is -2.02. The van der Waals surface area contributed by atoms with E-state index in [1.807, 2.05) is 18.2 Å². The monoisotopic (exact) mass is 657 g/mol. The molecule has 0 aromatic heterocycles. The van der Waals surface area contributed by atoms with Gasteiger partial charge in [-0.1, -0.05) is 137 Å². The molecule has 48 heavy (non-hydrogen) atoms. The number of hydrogen-bond donors (Lipinski definition) is 2. The molecule has 0 fully saturated rings. The molecule has 2 nitrogen and oxygen atoms in total. The summed E-state index contributed by atoms with van der Waals surface area (Å²) >= 11 is 0. The van der Waals surface area contributed by atoms with Crippen LogP contribution in [-0.4, -0.2) is 22.4 Å². The normalized spacial score (nSPS) is 13.1. The van der Waals surface area contributed by atoms with Crippen molar-refractivity contribution in [1.82, 2.24) is 0 Å². The van der Waals surface area contributed by atoms with Gasteiger partial charge in [-0.15, -0.1) is 18.8 Å². The predicted octanol–water partition coefficient (Wildman–Crippen LogP) is 12.7. The number of unbranched alkanes of at least 4 members (excludes halogenated alkanes) is 24. The molecule has 0 heterocycles. The van der Waals surface area contributed by atoms with E-state index in [1.54, 1.807) is 6.08 Å². The summed E-state index contributed by atoms with van der Waals surface area (Å²) in [6.45, 7) is 0. The van der Waals surface area contributed by atoms with Crippen molar-refractivity contribution < 1.29 is 10.2 Å². The third kappa shape index (κ3) is 39.5. The fourth-order valence-electron chi connectivity index (χ4n) is 5.52. The summed E-state index contributed by atoms with van der Waals surface area (Å²) in [5.41, 5.74) is 0. The van der Waals surface area contributed by atoms with Crippen LogP contribution in [0.1, 0.15) is 180 Å². The van der Waals surface area contributed by atoms with E-state index >= 15 is 0 Å². The lowest BCUT2D eigenvalue weighted by Crippen LogP contribution is -1.96. The molecule has 0 aliphatic carbocycles. The summed E-state index contributed by atoms with van der Waals surface area (Å²) in [7, 11) is 0. The summed E-state index contributed by atoms with van der Waals surface area (Å²) in [5.74, 6) is 10.8. The number of hydrogen-bond acceptors (Lipinski definition) is 2. The molecule has 0 bridgehead atoms. The van der Waals surface area contributed by atoms with Crippen molar-refractivity contribution in [1.29, 1.82) is 0 Å². The average molecular weight is 657 g/mol.